The summed E-state index contributed by atoms with van der Waals surface area (Å²) in [6.07, 6.45) is 0. The molecule has 0 aromatic heterocycles. The van der Waals surface area contributed by atoms with Crippen molar-refractivity contribution in [1.82, 2.24) is 4.90 Å². The number of ketones is 1. The summed E-state index contributed by atoms with van der Waals surface area (Å²) >= 11 is 0. The van der Waals surface area contributed by atoms with Crippen LogP contribution in [-0.2, 0) is 16.1 Å². The van der Waals surface area contributed by atoms with E-state index in [1.54, 1.807) is 54.6 Å². The molecular weight excluding hydrogens is 446 g/mol. The van der Waals surface area contributed by atoms with Crippen molar-refractivity contribution >= 4 is 23.4 Å². The Hall–Kier alpha value is -4.39. The van der Waals surface area contributed by atoms with Crippen molar-refractivity contribution in [2.24, 2.45) is 0 Å². The van der Waals surface area contributed by atoms with Gasteiger partial charge in [0.1, 0.15) is 11.5 Å². The molecule has 3 aromatic rings. The average Bonchev–Trinajstić information content (AvgIpc) is 3.10. The summed E-state index contributed by atoms with van der Waals surface area (Å²) in [5.74, 6) is -2.14. The van der Waals surface area contributed by atoms with Crippen LogP contribution in [0.25, 0.3) is 5.76 Å². The second-order valence-corrected chi connectivity index (χ2v) is 8.25. The molecule has 1 heterocycles. The minimum absolute atomic E-state index is 0.00640. The summed E-state index contributed by atoms with van der Waals surface area (Å²) in [7, 11) is 0. The standard InChI is InChI=1S/C28H25NO6/c1-3-35-22-14-13-21(15-17(22)2)25(30)23-24(19-7-5-4-6-8-19)29(27(32)26(23)31)16-18-9-11-20(12-10-18)28(33)34/h4-15,24,30H,3,16H2,1-2H3,(H,33,34)/b25-23-. The van der Waals surface area contributed by atoms with E-state index in [4.69, 9.17) is 9.84 Å². The largest absolute Gasteiger partial charge is 0.507 e. The highest BCUT2D eigenvalue weighted by atomic mass is 16.5. The van der Waals surface area contributed by atoms with Crippen molar-refractivity contribution < 1.29 is 29.3 Å². The minimum Gasteiger partial charge on any atom is -0.507 e. The van der Waals surface area contributed by atoms with E-state index >= 15 is 0 Å². The number of carboxylic acid groups (broad SMARTS) is 1. The molecule has 3 aromatic carbocycles. The van der Waals surface area contributed by atoms with Gasteiger partial charge in [-0.1, -0.05) is 42.5 Å². The van der Waals surface area contributed by atoms with Crippen LogP contribution in [0.2, 0.25) is 0 Å². The van der Waals surface area contributed by atoms with Gasteiger partial charge in [-0.3, -0.25) is 9.59 Å². The Labute approximate surface area is 202 Å². The number of aryl methyl sites for hydroxylation is 1. The van der Waals surface area contributed by atoms with E-state index in [0.29, 0.717) is 29.0 Å². The normalized spacial score (nSPS) is 17.0. The molecule has 0 bridgehead atoms. The Morgan fingerprint density at radius 2 is 1.60 bits per heavy atom. The van der Waals surface area contributed by atoms with Gasteiger partial charge in [0.15, 0.2) is 0 Å². The lowest BCUT2D eigenvalue weighted by Crippen LogP contribution is -2.29. The van der Waals surface area contributed by atoms with E-state index < -0.39 is 23.7 Å². The highest BCUT2D eigenvalue weighted by Gasteiger charge is 2.46. The quantitative estimate of drug-likeness (QED) is 0.294. The molecule has 7 heteroatoms. The molecule has 1 aliphatic rings. The second-order valence-electron chi connectivity index (χ2n) is 8.25. The topological polar surface area (TPSA) is 104 Å². The second kappa shape index (κ2) is 9.85. The number of rotatable bonds is 7. The molecule has 1 atom stereocenters. The number of nitrogens with zero attached hydrogens (tertiary/aromatic N) is 1. The molecule has 35 heavy (non-hydrogen) atoms. The molecule has 0 spiro atoms. The van der Waals surface area contributed by atoms with Crippen molar-refractivity contribution in [2.45, 2.75) is 26.4 Å². The molecule has 0 radical (unpaired) electrons. The molecule has 1 fully saturated rings. The van der Waals surface area contributed by atoms with E-state index in [9.17, 15) is 19.5 Å². The molecule has 7 nitrogen and oxygen atoms in total. The molecule has 178 valence electrons. The predicted octanol–water partition coefficient (Wildman–Crippen LogP) is 4.71. The Morgan fingerprint density at radius 3 is 2.20 bits per heavy atom. The van der Waals surface area contributed by atoms with Crippen LogP contribution in [0.4, 0.5) is 0 Å². The summed E-state index contributed by atoms with van der Waals surface area (Å²) in [6, 6.07) is 19.5. The lowest BCUT2D eigenvalue weighted by molar-refractivity contribution is -0.140. The van der Waals surface area contributed by atoms with Gasteiger partial charge in [-0.05, 0) is 60.9 Å². The number of carbonyl (C=O) groups excluding carboxylic acids is 2. The lowest BCUT2D eigenvalue weighted by Gasteiger charge is -2.25. The molecule has 2 N–H and O–H groups in total. The highest BCUT2D eigenvalue weighted by Crippen LogP contribution is 2.40. The van der Waals surface area contributed by atoms with E-state index in [0.717, 1.165) is 5.56 Å². The minimum atomic E-state index is -1.05. The number of Topliss-reactive ketones (excluding diaryl/α,β-unsaturated/α-hetero) is 1. The number of hydrogen-bond acceptors (Lipinski definition) is 5. The van der Waals surface area contributed by atoms with Crippen molar-refractivity contribution in [3.8, 4) is 5.75 Å². The van der Waals surface area contributed by atoms with Gasteiger partial charge in [-0.15, -0.1) is 0 Å². The third-order valence-corrected chi connectivity index (χ3v) is 5.96. The fraction of sp³-hybridized carbons (Fsp3) is 0.179. The summed E-state index contributed by atoms with van der Waals surface area (Å²) in [5.41, 5.74) is 2.68. The lowest BCUT2D eigenvalue weighted by atomic mass is 9.94. The van der Waals surface area contributed by atoms with Crippen molar-refractivity contribution in [3.05, 3.63) is 106 Å². The molecule has 0 aliphatic carbocycles. The number of aliphatic hydroxyl groups excluding tert-OH is 1. The number of hydrogen-bond donors (Lipinski definition) is 2. The van der Waals surface area contributed by atoms with Crippen LogP contribution in [0.15, 0.2) is 78.4 Å². The first kappa shape index (κ1) is 23.8. The SMILES string of the molecule is CCOc1ccc(/C(O)=C2/C(=O)C(=O)N(Cc3ccc(C(=O)O)cc3)C2c2ccccc2)cc1C. The van der Waals surface area contributed by atoms with Crippen molar-refractivity contribution in [2.75, 3.05) is 6.61 Å². The van der Waals surface area contributed by atoms with Gasteiger partial charge >= 0.3 is 5.97 Å². The van der Waals surface area contributed by atoms with Crippen LogP contribution in [0.5, 0.6) is 5.75 Å². The molecule has 1 unspecified atom stereocenters. The zero-order valence-corrected chi connectivity index (χ0v) is 19.4. The van der Waals surface area contributed by atoms with Gasteiger partial charge in [-0.2, -0.15) is 0 Å². The number of likely N-dealkylation sites (tertiary alicyclic amines) is 1. The fourth-order valence-corrected chi connectivity index (χ4v) is 4.24. The molecule has 1 aliphatic heterocycles. The third-order valence-electron chi connectivity index (χ3n) is 5.96. The van der Waals surface area contributed by atoms with Gasteiger partial charge < -0.3 is 19.8 Å². The Balaban J connectivity index is 1.79. The summed E-state index contributed by atoms with van der Waals surface area (Å²) < 4.78 is 5.57. The van der Waals surface area contributed by atoms with E-state index in [2.05, 4.69) is 0 Å². The van der Waals surface area contributed by atoms with Crippen LogP contribution in [0.1, 0.15) is 45.6 Å². The average molecular weight is 472 g/mol. The summed E-state index contributed by atoms with van der Waals surface area (Å²) in [5, 5.41) is 20.4. The maximum atomic E-state index is 13.2. The Morgan fingerprint density at radius 1 is 0.943 bits per heavy atom. The number of carboxylic acids is 1. The molecule has 1 amide bonds. The number of carbonyl (C=O) groups is 3. The Bertz CT molecular complexity index is 1310. The molecule has 0 saturated carbocycles. The van der Waals surface area contributed by atoms with Crippen LogP contribution in [-0.4, -0.2) is 39.4 Å². The first-order valence-electron chi connectivity index (χ1n) is 11.2. The van der Waals surface area contributed by atoms with Crippen molar-refractivity contribution in [1.29, 1.82) is 0 Å². The number of amides is 1. The van der Waals surface area contributed by atoms with Gasteiger partial charge in [0, 0.05) is 12.1 Å². The van der Waals surface area contributed by atoms with Crippen LogP contribution >= 0.6 is 0 Å². The summed E-state index contributed by atoms with van der Waals surface area (Å²) in [6.45, 7) is 4.29. The maximum Gasteiger partial charge on any atom is 0.335 e. The van der Waals surface area contributed by atoms with E-state index in [1.807, 2.05) is 19.9 Å². The monoisotopic (exact) mass is 471 g/mol. The van der Waals surface area contributed by atoms with Crippen LogP contribution < -0.4 is 4.74 Å². The third kappa shape index (κ3) is 4.66. The van der Waals surface area contributed by atoms with E-state index in [1.165, 1.54) is 17.0 Å². The first-order chi connectivity index (χ1) is 16.8. The molecule has 4 rings (SSSR count). The molecule has 1 saturated heterocycles. The number of aliphatic hydroxyl groups is 1. The van der Waals surface area contributed by atoms with Crippen LogP contribution in [0.3, 0.4) is 0 Å². The Kier molecular flexibility index (Phi) is 6.68. The van der Waals surface area contributed by atoms with Crippen LogP contribution in [0, 0.1) is 6.92 Å². The first-order valence-corrected chi connectivity index (χ1v) is 11.2. The smallest absolute Gasteiger partial charge is 0.335 e. The highest BCUT2D eigenvalue weighted by molar-refractivity contribution is 6.46. The molecular formula is C28H25NO6. The van der Waals surface area contributed by atoms with Crippen molar-refractivity contribution in [3.63, 3.8) is 0 Å². The van der Waals surface area contributed by atoms with Gasteiger partial charge in [-0.25, -0.2) is 4.79 Å². The predicted molar refractivity (Wildman–Crippen MR) is 130 cm³/mol. The van der Waals surface area contributed by atoms with Gasteiger partial charge in [0.2, 0.25) is 0 Å². The maximum absolute atomic E-state index is 13.2. The fourth-order valence-electron chi connectivity index (χ4n) is 4.24. The number of aromatic carboxylic acids is 1. The van der Waals surface area contributed by atoms with Gasteiger partial charge in [0.25, 0.3) is 11.7 Å². The zero-order chi connectivity index (χ0) is 25.1. The van der Waals surface area contributed by atoms with Gasteiger partial charge in [0.05, 0.1) is 23.8 Å². The number of benzene rings is 3. The van der Waals surface area contributed by atoms with E-state index in [-0.39, 0.29) is 23.4 Å². The summed E-state index contributed by atoms with van der Waals surface area (Å²) in [4.78, 5) is 38.9. The number of ether oxygens (including phenoxy) is 1. The zero-order valence-electron chi connectivity index (χ0n) is 19.4.